The number of carbonyl (C=O) groups excluding carboxylic acids is 1. The van der Waals surface area contributed by atoms with Crippen molar-refractivity contribution in [3.63, 3.8) is 0 Å². The van der Waals surface area contributed by atoms with Gasteiger partial charge in [0.25, 0.3) is 0 Å². The zero-order valence-electron chi connectivity index (χ0n) is 11.8. The first-order valence-corrected chi connectivity index (χ1v) is 6.48. The summed E-state index contributed by atoms with van der Waals surface area (Å²) >= 11 is 0. The number of nitrogens with two attached hydrogens (primary N) is 1. The number of rotatable bonds is 9. The first kappa shape index (κ1) is 18.2. The molecule has 0 aliphatic rings. The van der Waals surface area contributed by atoms with Gasteiger partial charge in [-0.15, -0.1) is 0 Å². The first-order chi connectivity index (χ1) is 8.64. The van der Waals surface area contributed by atoms with Gasteiger partial charge in [-0.3, -0.25) is 9.69 Å². The zero-order chi connectivity index (χ0) is 15.1. The van der Waals surface area contributed by atoms with Crippen LogP contribution < -0.4 is 11.1 Å². The summed E-state index contributed by atoms with van der Waals surface area (Å²) in [7, 11) is 0. The summed E-state index contributed by atoms with van der Waals surface area (Å²) in [5, 5.41) is 2.98. The van der Waals surface area contributed by atoms with Crippen molar-refractivity contribution in [2.45, 2.75) is 45.3 Å². The second kappa shape index (κ2) is 7.69. The topological polar surface area (TPSA) is 58.4 Å². The third-order valence-corrected chi connectivity index (χ3v) is 3.11. The monoisotopic (exact) mass is 283 g/mol. The molecule has 0 aromatic carbocycles. The number of amides is 1. The van der Waals surface area contributed by atoms with E-state index in [1.807, 2.05) is 6.92 Å². The lowest BCUT2D eigenvalue weighted by Gasteiger charge is -2.28. The number of hydrogen-bond donors (Lipinski definition) is 2. The van der Waals surface area contributed by atoms with Crippen LogP contribution in [0.2, 0.25) is 0 Å². The van der Waals surface area contributed by atoms with Crippen LogP contribution in [0.3, 0.4) is 0 Å². The van der Waals surface area contributed by atoms with Crippen LogP contribution in [0.15, 0.2) is 0 Å². The Hall–Kier alpha value is -0.820. The fourth-order valence-electron chi connectivity index (χ4n) is 1.95. The second-order valence-corrected chi connectivity index (χ2v) is 4.81. The van der Waals surface area contributed by atoms with Crippen LogP contribution in [-0.4, -0.2) is 48.7 Å². The molecule has 0 saturated heterocycles. The zero-order valence-corrected chi connectivity index (χ0v) is 11.8. The molecule has 0 heterocycles. The average Bonchev–Trinajstić information content (AvgIpc) is 2.26. The van der Waals surface area contributed by atoms with Gasteiger partial charge in [-0.2, -0.15) is 13.2 Å². The largest absolute Gasteiger partial charge is 0.401 e. The molecule has 0 aromatic rings. The van der Waals surface area contributed by atoms with Crippen molar-refractivity contribution in [3.05, 3.63) is 0 Å². The van der Waals surface area contributed by atoms with Crippen LogP contribution >= 0.6 is 0 Å². The lowest BCUT2D eigenvalue weighted by Crippen LogP contribution is -2.53. The van der Waals surface area contributed by atoms with E-state index in [0.29, 0.717) is 32.5 Å². The third kappa shape index (κ3) is 7.37. The van der Waals surface area contributed by atoms with Gasteiger partial charge in [-0.1, -0.05) is 13.8 Å². The quantitative estimate of drug-likeness (QED) is 0.674. The molecule has 19 heavy (non-hydrogen) atoms. The van der Waals surface area contributed by atoms with Gasteiger partial charge >= 0.3 is 6.18 Å². The van der Waals surface area contributed by atoms with Crippen molar-refractivity contribution in [1.29, 1.82) is 0 Å². The number of halogens is 3. The molecule has 114 valence electrons. The van der Waals surface area contributed by atoms with Crippen molar-refractivity contribution in [2.24, 2.45) is 5.73 Å². The van der Waals surface area contributed by atoms with Crippen LogP contribution in [-0.2, 0) is 4.79 Å². The van der Waals surface area contributed by atoms with Gasteiger partial charge < -0.3 is 11.1 Å². The van der Waals surface area contributed by atoms with Gasteiger partial charge in [-0.25, -0.2) is 0 Å². The Morgan fingerprint density at radius 3 is 2.26 bits per heavy atom. The Morgan fingerprint density at radius 2 is 1.89 bits per heavy atom. The molecule has 0 spiro atoms. The van der Waals surface area contributed by atoms with E-state index in [2.05, 4.69) is 5.32 Å². The summed E-state index contributed by atoms with van der Waals surface area (Å²) in [6.45, 7) is 5.50. The predicted octanol–water partition coefficient (Wildman–Crippen LogP) is 1.50. The number of hydrogen-bond acceptors (Lipinski definition) is 3. The SMILES string of the molecule is CCNC(C)(CCCN(CC)CC(F)(F)F)C(N)=O. The molecule has 0 aliphatic heterocycles. The minimum absolute atomic E-state index is 0.296. The highest BCUT2D eigenvalue weighted by atomic mass is 19.4. The molecule has 0 bridgehead atoms. The second-order valence-electron chi connectivity index (χ2n) is 4.81. The Morgan fingerprint density at radius 1 is 1.32 bits per heavy atom. The van der Waals surface area contributed by atoms with Crippen LogP contribution in [0.5, 0.6) is 0 Å². The van der Waals surface area contributed by atoms with Crippen molar-refractivity contribution < 1.29 is 18.0 Å². The van der Waals surface area contributed by atoms with E-state index >= 15 is 0 Å². The molecule has 7 heteroatoms. The maximum Gasteiger partial charge on any atom is 0.401 e. The Bertz CT molecular complexity index is 284. The molecule has 0 rings (SSSR count). The summed E-state index contributed by atoms with van der Waals surface area (Å²) in [5.74, 6) is -0.479. The molecule has 0 aliphatic carbocycles. The van der Waals surface area contributed by atoms with Crippen molar-refractivity contribution in [1.82, 2.24) is 10.2 Å². The highest BCUT2D eigenvalue weighted by Crippen LogP contribution is 2.18. The van der Waals surface area contributed by atoms with Gasteiger partial charge in [0.2, 0.25) is 5.91 Å². The summed E-state index contributed by atoms with van der Waals surface area (Å²) in [4.78, 5) is 12.7. The van der Waals surface area contributed by atoms with Crippen LogP contribution in [0.1, 0.15) is 33.6 Å². The van der Waals surface area contributed by atoms with E-state index in [-0.39, 0.29) is 0 Å². The number of primary amides is 1. The summed E-state index contributed by atoms with van der Waals surface area (Å²) in [6, 6.07) is 0. The molecule has 0 fully saturated rings. The van der Waals surface area contributed by atoms with Crippen LogP contribution in [0.4, 0.5) is 13.2 Å². The third-order valence-electron chi connectivity index (χ3n) is 3.11. The highest BCUT2D eigenvalue weighted by molar-refractivity contribution is 5.84. The smallest absolute Gasteiger partial charge is 0.368 e. The number of alkyl halides is 3. The first-order valence-electron chi connectivity index (χ1n) is 6.48. The molecular weight excluding hydrogens is 259 g/mol. The molecule has 1 unspecified atom stereocenters. The Balaban J connectivity index is 4.27. The Kier molecular flexibility index (Phi) is 7.36. The molecule has 1 atom stereocenters. The minimum Gasteiger partial charge on any atom is -0.368 e. The summed E-state index contributed by atoms with van der Waals surface area (Å²) in [5.41, 5.74) is 4.46. The highest BCUT2D eigenvalue weighted by Gasteiger charge is 2.32. The van der Waals surface area contributed by atoms with Gasteiger partial charge in [0.05, 0.1) is 12.1 Å². The minimum atomic E-state index is -4.19. The van der Waals surface area contributed by atoms with Gasteiger partial charge in [0, 0.05) is 0 Å². The van der Waals surface area contributed by atoms with E-state index < -0.39 is 24.2 Å². The van der Waals surface area contributed by atoms with E-state index in [0.717, 1.165) is 0 Å². The maximum atomic E-state index is 12.3. The number of nitrogens with one attached hydrogen (secondary N) is 1. The standard InChI is InChI=1S/C12H24F3N3O/c1-4-17-11(3,10(16)19)7-6-8-18(5-2)9-12(13,14)15/h17H,4-9H2,1-3H3,(H2,16,19). The molecule has 3 N–H and O–H groups in total. The average molecular weight is 283 g/mol. The van der Waals surface area contributed by atoms with Crippen molar-refractivity contribution in [2.75, 3.05) is 26.2 Å². The summed E-state index contributed by atoms with van der Waals surface area (Å²) < 4.78 is 36.8. The molecule has 0 radical (unpaired) electrons. The molecule has 1 amide bonds. The fraction of sp³-hybridized carbons (Fsp3) is 0.917. The predicted molar refractivity (Wildman–Crippen MR) is 68.7 cm³/mol. The normalized spacial score (nSPS) is 15.5. The van der Waals surface area contributed by atoms with E-state index in [4.69, 9.17) is 5.73 Å². The van der Waals surface area contributed by atoms with Crippen LogP contribution in [0.25, 0.3) is 0 Å². The van der Waals surface area contributed by atoms with E-state index in [1.54, 1.807) is 13.8 Å². The molecular formula is C12H24F3N3O. The molecule has 0 aromatic heterocycles. The van der Waals surface area contributed by atoms with E-state index in [9.17, 15) is 18.0 Å². The lowest BCUT2D eigenvalue weighted by molar-refractivity contribution is -0.145. The van der Waals surface area contributed by atoms with E-state index in [1.165, 1.54) is 4.90 Å². The van der Waals surface area contributed by atoms with Gasteiger partial charge in [-0.05, 0) is 39.4 Å². The molecule has 4 nitrogen and oxygen atoms in total. The number of nitrogens with zero attached hydrogens (tertiary/aromatic N) is 1. The van der Waals surface area contributed by atoms with Crippen LogP contribution in [0, 0.1) is 0 Å². The van der Waals surface area contributed by atoms with Crippen molar-refractivity contribution in [3.8, 4) is 0 Å². The number of likely N-dealkylation sites (N-methyl/N-ethyl adjacent to an activating group) is 1. The maximum absolute atomic E-state index is 12.3. The van der Waals surface area contributed by atoms with Gasteiger partial charge in [0.1, 0.15) is 0 Å². The number of carbonyl (C=O) groups is 1. The fourth-order valence-corrected chi connectivity index (χ4v) is 1.95. The summed E-state index contributed by atoms with van der Waals surface area (Å²) in [6.07, 6.45) is -3.29. The lowest BCUT2D eigenvalue weighted by atomic mass is 9.94. The Labute approximate surface area is 112 Å². The van der Waals surface area contributed by atoms with Gasteiger partial charge in [0.15, 0.2) is 0 Å². The van der Waals surface area contributed by atoms with Crippen molar-refractivity contribution >= 4 is 5.91 Å². The molecule has 0 saturated carbocycles.